The summed E-state index contributed by atoms with van der Waals surface area (Å²) in [7, 11) is 0. The molecule has 0 aromatic heterocycles. The summed E-state index contributed by atoms with van der Waals surface area (Å²) in [4.78, 5) is 4.70. The standard InChI is InChI=1S/C14H29N3O.HI/c1-4-15-13(16-10-11-18-5-2)17-12-14(3)8-6-7-9-14;/h4-12H2,1-3H3,(H2,15,16,17);1H. The molecule has 0 aliphatic heterocycles. The van der Waals surface area contributed by atoms with Crippen LogP contribution >= 0.6 is 24.0 Å². The number of rotatable bonds is 7. The smallest absolute Gasteiger partial charge is 0.191 e. The van der Waals surface area contributed by atoms with Crippen LogP contribution in [0.1, 0.15) is 46.5 Å². The summed E-state index contributed by atoms with van der Waals surface area (Å²) in [6.45, 7) is 10.6. The van der Waals surface area contributed by atoms with Gasteiger partial charge in [-0.15, -0.1) is 24.0 Å². The van der Waals surface area contributed by atoms with Crippen molar-refractivity contribution in [2.75, 3.05) is 32.8 Å². The Morgan fingerprint density at radius 1 is 1.21 bits per heavy atom. The summed E-state index contributed by atoms with van der Waals surface area (Å²) >= 11 is 0. The Hall–Kier alpha value is -0.0400. The molecule has 0 radical (unpaired) electrons. The van der Waals surface area contributed by atoms with Crippen LogP contribution in [0.25, 0.3) is 0 Å². The summed E-state index contributed by atoms with van der Waals surface area (Å²) in [5.41, 5.74) is 0.419. The van der Waals surface area contributed by atoms with Crippen molar-refractivity contribution < 1.29 is 4.74 Å². The van der Waals surface area contributed by atoms with E-state index in [-0.39, 0.29) is 24.0 Å². The van der Waals surface area contributed by atoms with E-state index in [0.29, 0.717) is 5.41 Å². The van der Waals surface area contributed by atoms with Crippen molar-refractivity contribution in [2.24, 2.45) is 10.4 Å². The topological polar surface area (TPSA) is 45.7 Å². The van der Waals surface area contributed by atoms with Crippen molar-refractivity contribution in [1.29, 1.82) is 0 Å². The zero-order chi connectivity index (χ0) is 13.3. The van der Waals surface area contributed by atoms with Gasteiger partial charge < -0.3 is 15.4 Å². The molecule has 0 aromatic carbocycles. The molecule has 4 nitrogen and oxygen atoms in total. The lowest BCUT2D eigenvalue weighted by atomic mass is 9.89. The molecular weight excluding hydrogens is 353 g/mol. The molecule has 1 fully saturated rings. The maximum Gasteiger partial charge on any atom is 0.191 e. The van der Waals surface area contributed by atoms with Crippen LogP contribution in [-0.4, -0.2) is 38.8 Å². The summed E-state index contributed by atoms with van der Waals surface area (Å²) in [6, 6.07) is 0. The molecule has 5 heteroatoms. The Labute approximate surface area is 135 Å². The fourth-order valence-electron chi connectivity index (χ4n) is 2.38. The maximum absolute atomic E-state index is 5.31. The third kappa shape index (κ3) is 7.97. The van der Waals surface area contributed by atoms with E-state index < -0.39 is 0 Å². The molecule has 0 atom stereocenters. The van der Waals surface area contributed by atoms with Gasteiger partial charge in [-0.3, -0.25) is 4.99 Å². The fraction of sp³-hybridized carbons (Fsp3) is 0.929. The first kappa shape index (κ1) is 19.0. The minimum Gasteiger partial charge on any atom is -0.380 e. The molecule has 0 unspecified atom stereocenters. The van der Waals surface area contributed by atoms with Crippen molar-refractivity contribution in [1.82, 2.24) is 10.6 Å². The molecule has 0 spiro atoms. The van der Waals surface area contributed by atoms with Gasteiger partial charge in [0.2, 0.25) is 0 Å². The lowest BCUT2D eigenvalue weighted by molar-refractivity contribution is 0.152. The maximum atomic E-state index is 5.31. The van der Waals surface area contributed by atoms with Crippen molar-refractivity contribution in [3.63, 3.8) is 0 Å². The number of hydrogen-bond donors (Lipinski definition) is 2. The van der Waals surface area contributed by atoms with Gasteiger partial charge in [0.1, 0.15) is 0 Å². The number of hydrogen-bond acceptors (Lipinski definition) is 2. The first-order chi connectivity index (χ1) is 8.70. The first-order valence-corrected chi connectivity index (χ1v) is 7.30. The lowest BCUT2D eigenvalue weighted by Crippen LogP contribution is -2.39. The summed E-state index contributed by atoms with van der Waals surface area (Å²) in [6.07, 6.45) is 5.35. The van der Waals surface area contributed by atoms with Crippen LogP contribution in [0.3, 0.4) is 0 Å². The van der Waals surface area contributed by atoms with Crippen LogP contribution in [0, 0.1) is 5.41 Å². The van der Waals surface area contributed by atoms with Crippen LogP contribution in [0.5, 0.6) is 0 Å². The molecule has 114 valence electrons. The molecule has 0 heterocycles. The van der Waals surface area contributed by atoms with Gasteiger partial charge in [0, 0.05) is 26.2 Å². The summed E-state index contributed by atoms with van der Waals surface area (Å²) in [5.74, 6) is 0.922. The molecule has 0 aromatic rings. The van der Waals surface area contributed by atoms with Gasteiger partial charge in [-0.2, -0.15) is 0 Å². The van der Waals surface area contributed by atoms with Crippen molar-refractivity contribution in [3.8, 4) is 0 Å². The van der Waals surface area contributed by atoms with E-state index in [1.807, 2.05) is 6.92 Å². The Morgan fingerprint density at radius 3 is 2.47 bits per heavy atom. The zero-order valence-electron chi connectivity index (χ0n) is 12.6. The van der Waals surface area contributed by atoms with Gasteiger partial charge >= 0.3 is 0 Å². The Kier molecular flexibility index (Phi) is 10.7. The number of halogens is 1. The second kappa shape index (κ2) is 10.7. The van der Waals surface area contributed by atoms with E-state index >= 15 is 0 Å². The van der Waals surface area contributed by atoms with E-state index in [4.69, 9.17) is 9.73 Å². The molecule has 1 aliphatic carbocycles. The second-order valence-electron chi connectivity index (χ2n) is 5.34. The molecule has 2 N–H and O–H groups in total. The van der Waals surface area contributed by atoms with Crippen LogP contribution in [0.4, 0.5) is 0 Å². The number of ether oxygens (including phenoxy) is 1. The van der Waals surface area contributed by atoms with Gasteiger partial charge in [0.05, 0.1) is 6.61 Å². The first-order valence-electron chi connectivity index (χ1n) is 7.30. The molecule has 1 saturated carbocycles. The Morgan fingerprint density at radius 2 is 1.89 bits per heavy atom. The monoisotopic (exact) mass is 383 g/mol. The SMILES string of the molecule is CCNC(=NCC1(C)CCCC1)NCCOCC.I. The highest BCUT2D eigenvalue weighted by molar-refractivity contribution is 14.0. The molecule has 1 aliphatic rings. The largest absolute Gasteiger partial charge is 0.380 e. The summed E-state index contributed by atoms with van der Waals surface area (Å²) in [5, 5.41) is 6.59. The average Bonchev–Trinajstić information content (AvgIpc) is 2.79. The van der Waals surface area contributed by atoms with Crippen LogP contribution in [0.15, 0.2) is 4.99 Å². The Bertz CT molecular complexity index is 253. The molecule has 0 saturated heterocycles. The van der Waals surface area contributed by atoms with E-state index in [1.165, 1.54) is 25.7 Å². The van der Waals surface area contributed by atoms with Crippen molar-refractivity contribution in [2.45, 2.75) is 46.5 Å². The van der Waals surface area contributed by atoms with Crippen LogP contribution in [0.2, 0.25) is 0 Å². The quantitative estimate of drug-likeness (QED) is 0.308. The van der Waals surface area contributed by atoms with E-state index in [2.05, 4.69) is 24.5 Å². The second-order valence-corrected chi connectivity index (χ2v) is 5.34. The van der Waals surface area contributed by atoms with Gasteiger partial charge in [-0.1, -0.05) is 19.8 Å². The lowest BCUT2D eigenvalue weighted by Gasteiger charge is -2.21. The molecular formula is C14H30IN3O. The summed E-state index contributed by atoms with van der Waals surface area (Å²) < 4.78 is 5.31. The highest BCUT2D eigenvalue weighted by atomic mass is 127. The third-order valence-corrected chi connectivity index (χ3v) is 3.52. The number of guanidine groups is 1. The molecule has 19 heavy (non-hydrogen) atoms. The fourth-order valence-corrected chi connectivity index (χ4v) is 2.38. The number of nitrogens with zero attached hydrogens (tertiary/aromatic N) is 1. The van der Waals surface area contributed by atoms with Crippen LogP contribution < -0.4 is 10.6 Å². The average molecular weight is 383 g/mol. The van der Waals surface area contributed by atoms with Gasteiger partial charge in [-0.25, -0.2) is 0 Å². The van der Waals surface area contributed by atoms with E-state index in [0.717, 1.165) is 38.8 Å². The zero-order valence-corrected chi connectivity index (χ0v) is 15.0. The number of nitrogens with one attached hydrogen (secondary N) is 2. The third-order valence-electron chi connectivity index (χ3n) is 3.52. The van der Waals surface area contributed by atoms with Crippen LogP contribution in [-0.2, 0) is 4.74 Å². The van der Waals surface area contributed by atoms with Gasteiger partial charge in [0.25, 0.3) is 0 Å². The van der Waals surface area contributed by atoms with Gasteiger partial charge in [-0.05, 0) is 32.1 Å². The Balaban J connectivity index is 0.00000324. The van der Waals surface area contributed by atoms with Crippen molar-refractivity contribution >= 4 is 29.9 Å². The van der Waals surface area contributed by atoms with Gasteiger partial charge in [0.15, 0.2) is 5.96 Å². The predicted molar refractivity (Wildman–Crippen MR) is 92.5 cm³/mol. The number of aliphatic imine (C=N–C) groups is 1. The molecule has 0 amide bonds. The minimum atomic E-state index is 0. The highest BCUT2D eigenvalue weighted by Gasteiger charge is 2.28. The van der Waals surface area contributed by atoms with E-state index in [1.54, 1.807) is 0 Å². The predicted octanol–water partition coefficient (Wildman–Crippen LogP) is 2.78. The normalized spacial score (nSPS) is 17.9. The van der Waals surface area contributed by atoms with Crippen molar-refractivity contribution in [3.05, 3.63) is 0 Å². The van der Waals surface area contributed by atoms with E-state index in [9.17, 15) is 0 Å². The molecule has 0 bridgehead atoms. The molecule has 1 rings (SSSR count). The highest BCUT2D eigenvalue weighted by Crippen LogP contribution is 2.37. The minimum absolute atomic E-state index is 0.